The number of hydrogen-bond donors (Lipinski definition) is 2. The lowest BCUT2D eigenvalue weighted by molar-refractivity contribution is -0.117. The monoisotopic (exact) mass is 343 g/mol. The molecular weight excluding hydrogens is 318 g/mol. The zero-order valence-electron chi connectivity index (χ0n) is 15.1. The highest BCUT2D eigenvalue weighted by atomic mass is 16.1. The van der Waals surface area contributed by atoms with Gasteiger partial charge in [0.25, 0.3) is 5.56 Å². The van der Waals surface area contributed by atoms with Crippen LogP contribution in [0.3, 0.4) is 0 Å². The van der Waals surface area contributed by atoms with Gasteiger partial charge in [0.1, 0.15) is 5.82 Å². The first-order valence-electron chi connectivity index (χ1n) is 8.88. The van der Waals surface area contributed by atoms with Gasteiger partial charge in [0.2, 0.25) is 11.9 Å². The molecule has 0 aliphatic heterocycles. The third-order valence-corrected chi connectivity index (χ3v) is 4.88. The summed E-state index contributed by atoms with van der Waals surface area (Å²) in [5.74, 6) is 1.30. The minimum absolute atomic E-state index is 0.0146. The first-order chi connectivity index (χ1) is 11.9. The van der Waals surface area contributed by atoms with Gasteiger partial charge in [-0.3, -0.25) is 14.6 Å². The summed E-state index contributed by atoms with van der Waals surface area (Å²) >= 11 is 0. The van der Waals surface area contributed by atoms with E-state index in [0.29, 0.717) is 35.4 Å². The molecule has 134 valence electrons. The third-order valence-electron chi connectivity index (χ3n) is 4.88. The van der Waals surface area contributed by atoms with E-state index < -0.39 is 0 Å². The van der Waals surface area contributed by atoms with Gasteiger partial charge in [0, 0.05) is 23.7 Å². The molecule has 7 heteroatoms. The maximum absolute atomic E-state index is 12.4. The van der Waals surface area contributed by atoms with E-state index in [4.69, 9.17) is 0 Å². The molecule has 3 rings (SSSR count). The summed E-state index contributed by atoms with van der Waals surface area (Å²) in [5.41, 5.74) is 1.77. The second-order valence-corrected chi connectivity index (χ2v) is 6.94. The van der Waals surface area contributed by atoms with Crippen molar-refractivity contribution in [3.8, 4) is 5.95 Å². The molecule has 1 fully saturated rings. The van der Waals surface area contributed by atoms with Crippen LogP contribution in [0.5, 0.6) is 0 Å². The Morgan fingerprint density at radius 2 is 2.00 bits per heavy atom. The molecule has 1 saturated carbocycles. The molecule has 0 bridgehead atoms. The summed E-state index contributed by atoms with van der Waals surface area (Å²) in [6.07, 6.45) is 6.47. The average Bonchev–Trinajstić information content (AvgIpc) is 2.93. The van der Waals surface area contributed by atoms with Crippen molar-refractivity contribution in [2.45, 2.75) is 59.3 Å². The van der Waals surface area contributed by atoms with Crippen molar-refractivity contribution in [2.75, 3.05) is 5.32 Å². The Bertz CT molecular complexity index is 830. The van der Waals surface area contributed by atoms with Crippen molar-refractivity contribution >= 4 is 11.7 Å². The van der Waals surface area contributed by atoms with Crippen LogP contribution in [0.2, 0.25) is 0 Å². The fourth-order valence-corrected chi connectivity index (χ4v) is 3.33. The van der Waals surface area contributed by atoms with Crippen molar-refractivity contribution in [2.24, 2.45) is 5.92 Å². The quantitative estimate of drug-likeness (QED) is 0.893. The molecular formula is C18H25N5O2. The predicted molar refractivity (Wildman–Crippen MR) is 96.0 cm³/mol. The SMILES string of the molecule is Cc1cc(NC(=O)CC2CCCCC2)n(-c2nc(C)c(C)c(=O)[nH]2)n1. The molecule has 1 amide bonds. The normalized spacial score (nSPS) is 15.3. The Morgan fingerprint density at radius 1 is 1.28 bits per heavy atom. The molecule has 7 nitrogen and oxygen atoms in total. The lowest BCUT2D eigenvalue weighted by atomic mass is 9.87. The van der Waals surface area contributed by atoms with Gasteiger partial charge in [0.05, 0.1) is 5.69 Å². The van der Waals surface area contributed by atoms with Gasteiger partial charge in [-0.1, -0.05) is 19.3 Å². The zero-order chi connectivity index (χ0) is 18.0. The van der Waals surface area contributed by atoms with Crippen LogP contribution in [0.4, 0.5) is 5.82 Å². The van der Waals surface area contributed by atoms with Gasteiger partial charge in [0.15, 0.2) is 0 Å². The maximum atomic E-state index is 12.4. The molecule has 0 spiro atoms. The largest absolute Gasteiger partial charge is 0.310 e. The number of aryl methyl sites for hydroxylation is 2. The van der Waals surface area contributed by atoms with Gasteiger partial charge >= 0.3 is 0 Å². The molecule has 2 aromatic rings. The smallest absolute Gasteiger partial charge is 0.255 e. The fourth-order valence-electron chi connectivity index (χ4n) is 3.33. The summed E-state index contributed by atoms with van der Waals surface area (Å²) in [4.78, 5) is 31.5. The number of carbonyl (C=O) groups is 1. The van der Waals surface area contributed by atoms with Gasteiger partial charge in [-0.25, -0.2) is 4.98 Å². The van der Waals surface area contributed by atoms with E-state index in [1.807, 2.05) is 6.92 Å². The maximum Gasteiger partial charge on any atom is 0.255 e. The molecule has 0 radical (unpaired) electrons. The van der Waals surface area contributed by atoms with Crippen LogP contribution in [0, 0.1) is 26.7 Å². The highest BCUT2D eigenvalue weighted by molar-refractivity contribution is 5.90. The van der Waals surface area contributed by atoms with E-state index in [0.717, 1.165) is 18.5 Å². The Hall–Kier alpha value is -2.44. The standard InChI is InChI=1S/C18H25N5O2/c1-11-9-15(20-16(24)10-14-7-5-4-6-8-14)23(22-11)18-19-13(3)12(2)17(25)21-18/h9,14H,4-8,10H2,1-3H3,(H,20,24)(H,19,21,25). The second kappa shape index (κ2) is 7.21. The zero-order valence-corrected chi connectivity index (χ0v) is 15.1. The van der Waals surface area contributed by atoms with E-state index in [2.05, 4.69) is 20.4 Å². The third kappa shape index (κ3) is 3.97. The summed E-state index contributed by atoms with van der Waals surface area (Å²) in [6.45, 7) is 5.35. The number of hydrogen-bond acceptors (Lipinski definition) is 4. The Labute approximate surface area is 146 Å². The molecule has 0 unspecified atom stereocenters. The van der Waals surface area contributed by atoms with Crippen LogP contribution in [-0.4, -0.2) is 25.7 Å². The first-order valence-corrected chi connectivity index (χ1v) is 8.88. The van der Waals surface area contributed by atoms with E-state index >= 15 is 0 Å². The Kier molecular flexibility index (Phi) is 5.01. The number of rotatable bonds is 4. The number of nitrogens with zero attached hydrogens (tertiary/aromatic N) is 3. The van der Waals surface area contributed by atoms with Crippen molar-refractivity contribution in [1.29, 1.82) is 0 Å². The number of amides is 1. The van der Waals surface area contributed by atoms with Crippen LogP contribution in [0.15, 0.2) is 10.9 Å². The highest BCUT2D eigenvalue weighted by Crippen LogP contribution is 2.26. The Balaban J connectivity index is 1.81. The van der Waals surface area contributed by atoms with E-state index in [9.17, 15) is 9.59 Å². The molecule has 0 aromatic carbocycles. The van der Waals surface area contributed by atoms with Crippen LogP contribution in [-0.2, 0) is 4.79 Å². The van der Waals surface area contributed by atoms with E-state index in [1.165, 1.54) is 23.9 Å². The number of anilines is 1. The number of nitrogens with one attached hydrogen (secondary N) is 2. The van der Waals surface area contributed by atoms with Crippen molar-refractivity contribution < 1.29 is 4.79 Å². The minimum atomic E-state index is -0.199. The lowest BCUT2D eigenvalue weighted by Crippen LogP contribution is -2.22. The molecule has 25 heavy (non-hydrogen) atoms. The van der Waals surface area contributed by atoms with Crippen LogP contribution >= 0.6 is 0 Å². The molecule has 0 saturated heterocycles. The van der Waals surface area contributed by atoms with Crippen molar-refractivity contribution in [3.05, 3.63) is 33.4 Å². The molecule has 0 atom stereocenters. The summed E-state index contributed by atoms with van der Waals surface area (Å²) in [6, 6.07) is 1.79. The fraction of sp³-hybridized carbons (Fsp3) is 0.556. The molecule has 2 N–H and O–H groups in total. The van der Waals surface area contributed by atoms with Crippen molar-refractivity contribution in [1.82, 2.24) is 19.7 Å². The predicted octanol–water partition coefficient (Wildman–Crippen LogP) is 2.79. The molecule has 2 aromatic heterocycles. The van der Waals surface area contributed by atoms with Gasteiger partial charge in [-0.15, -0.1) is 0 Å². The number of H-pyrrole nitrogens is 1. The van der Waals surface area contributed by atoms with E-state index in [1.54, 1.807) is 19.9 Å². The van der Waals surface area contributed by atoms with E-state index in [-0.39, 0.29) is 11.5 Å². The van der Waals surface area contributed by atoms with Crippen LogP contribution in [0.1, 0.15) is 55.5 Å². The van der Waals surface area contributed by atoms with Gasteiger partial charge in [-0.05, 0) is 39.5 Å². The van der Waals surface area contributed by atoms with Gasteiger partial charge < -0.3 is 5.32 Å². The number of aromatic nitrogens is 4. The topological polar surface area (TPSA) is 92.7 Å². The van der Waals surface area contributed by atoms with Crippen LogP contribution in [0.25, 0.3) is 5.95 Å². The summed E-state index contributed by atoms with van der Waals surface area (Å²) < 4.78 is 1.49. The van der Waals surface area contributed by atoms with Gasteiger partial charge in [-0.2, -0.15) is 9.78 Å². The first kappa shape index (κ1) is 17.4. The lowest BCUT2D eigenvalue weighted by Gasteiger charge is -2.20. The number of carbonyl (C=O) groups excluding carboxylic acids is 1. The summed E-state index contributed by atoms with van der Waals surface area (Å²) in [7, 11) is 0. The minimum Gasteiger partial charge on any atom is -0.310 e. The van der Waals surface area contributed by atoms with Crippen molar-refractivity contribution in [3.63, 3.8) is 0 Å². The molecule has 2 heterocycles. The average molecular weight is 343 g/mol. The molecule has 1 aliphatic carbocycles. The number of aromatic amines is 1. The van der Waals surface area contributed by atoms with Crippen LogP contribution < -0.4 is 10.9 Å². The Morgan fingerprint density at radius 3 is 2.68 bits per heavy atom. The summed E-state index contributed by atoms with van der Waals surface area (Å²) in [5, 5.41) is 7.29. The second-order valence-electron chi connectivity index (χ2n) is 6.94. The molecule has 1 aliphatic rings. The highest BCUT2D eigenvalue weighted by Gasteiger charge is 2.19.